The first-order valence-electron chi connectivity index (χ1n) is 9.44. The quantitative estimate of drug-likeness (QED) is 0.226. The van der Waals surface area contributed by atoms with Gasteiger partial charge in [0.15, 0.2) is 6.79 Å². The van der Waals surface area contributed by atoms with Crippen molar-refractivity contribution in [2.75, 3.05) is 40.6 Å². The van der Waals surface area contributed by atoms with E-state index in [0.717, 1.165) is 16.9 Å². The molecule has 2 aromatic carbocycles. The zero-order valence-electron chi connectivity index (χ0n) is 18.6. The summed E-state index contributed by atoms with van der Waals surface area (Å²) in [5.41, 5.74) is 2.08. The number of ether oxygens (including phenoxy) is 3. The fraction of sp³-hybridized carbons (Fsp3) is 0.409. The first kappa shape index (κ1) is 26.2. The molecule has 0 aliphatic heterocycles. The molecule has 0 aliphatic rings. The molecule has 0 aromatic heterocycles. The third-order valence-electron chi connectivity index (χ3n) is 3.58. The summed E-state index contributed by atoms with van der Waals surface area (Å²) >= 11 is 0. The summed E-state index contributed by atoms with van der Waals surface area (Å²) in [7, 11) is -2.45. The average Bonchev–Trinajstić information content (AvgIpc) is 2.60. The first-order valence-corrected chi connectivity index (χ1v) is 15.0. The van der Waals surface area contributed by atoms with Crippen LogP contribution in [0.1, 0.15) is 18.1 Å². The van der Waals surface area contributed by atoms with E-state index in [1.165, 1.54) is 6.92 Å². The Morgan fingerprint density at radius 1 is 0.767 bits per heavy atom. The van der Waals surface area contributed by atoms with Gasteiger partial charge in [-0.3, -0.25) is 4.79 Å². The van der Waals surface area contributed by atoms with Gasteiger partial charge in [0.1, 0.15) is 11.5 Å². The number of esters is 1. The van der Waals surface area contributed by atoms with E-state index < -0.39 is 14.3 Å². The van der Waals surface area contributed by atoms with E-state index in [0.29, 0.717) is 18.1 Å². The fourth-order valence-electron chi connectivity index (χ4n) is 2.53. The van der Waals surface area contributed by atoms with Crippen LogP contribution in [-0.2, 0) is 31.0 Å². The highest BCUT2D eigenvalue weighted by molar-refractivity contribution is 7.61. The summed E-state index contributed by atoms with van der Waals surface area (Å²) in [6.07, 6.45) is 1.21. The van der Waals surface area contributed by atoms with E-state index in [-0.39, 0.29) is 12.8 Å². The normalized spacial score (nSPS) is 11.3. The maximum absolute atomic E-state index is 11.6. The van der Waals surface area contributed by atoms with Crippen LogP contribution in [0.2, 0.25) is 0 Å². The molecule has 0 unspecified atom stereocenters. The highest BCUT2D eigenvalue weighted by Crippen LogP contribution is 2.41. The van der Waals surface area contributed by atoms with Crippen LogP contribution >= 0.6 is 14.3 Å². The third-order valence-corrected chi connectivity index (χ3v) is 5.83. The molecule has 30 heavy (non-hydrogen) atoms. The van der Waals surface area contributed by atoms with Gasteiger partial charge in [-0.15, -0.1) is 0 Å². The van der Waals surface area contributed by atoms with Crippen LogP contribution in [0.25, 0.3) is 0 Å². The molecule has 0 spiro atoms. The van der Waals surface area contributed by atoms with Gasteiger partial charge in [-0.05, 0) is 62.1 Å². The molecule has 166 valence electrons. The van der Waals surface area contributed by atoms with Crippen LogP contribution in [-0.4, -0.2) is 46.5 Å². The minimum absolute atomic E-state index is 0.249. The number of benzene rings is 2. The van der Waals surface area contributed by atoms with E-state index in [1.54, 1.807) is 45.9 Å². The van der Waals surface area contributed by atoms with Crippen molar-refractivity contribution >= 4 is 20.3 Å². The Hall–Kier alpha value is -1.87. The van der Waals surface area contributed by atoms with Gasteiger partial charge in [0, 0.05) is 26.4 Å². The van der Waals surface area contributed by atoms with E-state index in [2.05, 4.69) is 0 Å². The van der Waals surface area contributed by atoms with Crippen molar-refractivity contribution in [2.24, 2.45) is 0 Å². The molecule has 0 amide bonds. The second-order valence-electron chi connectivity index (χ2n) is 7.90. The molecule has 6 nitrogen and oxygen atoms in total. The lowest BCUT2D eigenvalue weighted by Gasteiger charge is -2.08. The van der Waals surface area contributed by atoms with Gasteiger partial charge in [0.25, 0.3) is 0 Å². The number of carbonyl (C=O) groups is 1. The summed E-state index contributed by atoms with van der Waals surface area (Å²) < 4.78 is 38.1. The molecule has 0 fully saturated rings. The predicted octanol–water partition coefficient (Wildman–Crippen LogP) is 5.53. The number of rotatable bonds is 8. The Labute approximate surface area is 179 Å². The Morgan fingerprint density at radius 2 is 1.17 bits per heavy atom. The molecule has 0 atom stereocenters. The molecule has 0 bridgehead atoms. The minimum Gasteiger partial charge on any atom is -0.468 e. The van der Waals surface area contributed by atoms with E-state index in [4.69, 9.17) is 14.2 Å². The SMILES string of the molecule is CC(=O)Oc1ccc(CP(C)(C)=O)cc1.COCOc1ccc(CP(C)(C)=O)cc1. The van der Waals surface area contributed by atoms with Gasteiger partial charge in [-0.1, -0.05) is 24.3 Å². The zero-order valence-corrected chi connectivity index (χ0v) is 20.4. The lowest BCUT2D eigenvalue weighted by atomic mass is 10.2. The Morgan fingerprint density at radius 3 is 1.50 bits per heavy atom. The van der Waals surface area contributed by atoms with Crippen molar-refractivity contribution in [1.82, 2.24) is 0 Å². The maximum Gasteiger partial charge on any atom is 0.308 e. The van der Waals surface area contributed by atoms with Crippen molar-refractivity contribution in [3.63, 3.8) is 0 Å². The lowest BCUT2D eigenvalue weighted by Crippen LogP contribution is -2.01. The van der Waals surface area contributed by atoms with Crippen LogP contribution in [0.15, 0.2) is 48.5 Å². The molecule has 0 saturated carbocycles. The van der Waals surface area contributed by atoms with Crippen molar-refractivity contribution in [3.05, 3.63) is 59.7 Å². The van der Waals surface area contributed by atoms with Crippen molar-refractivity contribution in [2.45, 2.75) is 19.2 Å². The highest BCUT2D eigenvalue weighted by atomic mass is 31.2. The van der Waals surface area contributed by atoms with Crippen LogP contribution in [0.3, 0.4) is 0 Å². The molecule has 0 radical (unpaired) electrons. The van der Waals surface area contributed by atoms with Gasteiger partial charge in [-0.2, -0.15) is 0 Å². The summed E-state index contributed by atoms with van der Waals surface area (Å²) in [5.74, 6) is 0.954. The van der Waals surface area contributed by atoms with Crippen molar-refractivity contribution in [1.29, 1.82) is 0 Å². The summed E-state index contributed by atoms with van der Waals surface area (Å²) in [6.45, 7) is 8.71. The lowest BCUT2D eigenvalue weighted by molar-refractivity contribution is -0.131. The highest BCUT2D eigenvalue weighted by Gasteiger charge is 2.09. The molecule has 8 heteroatoms. The maximum atomic E-state index is 11.6. The molecule has 0 saturated heterocycles. The van der Waals surface area contributed by atoms with Crippen LogP contribution in [0, 0.1) is 0 Å². The van der Waals surface area contributed by atoms with Gasteiger partial charge in [-0.25, -0.2) is 0 Å². The molecular formula is C22H32O6P2. The second kappa shape index (κ2) is 12.1. The zero-order chi connectivity index (χ0) is 22.8. The second-order valence-corrected chi connectivity index (χ2v) is 14.8. The molecule has 0 N–H and O–H groups in total. The number of hydrogen-bond donors (Lipinski definition) is 0. The van der Waals surface area contributed by atoms with Crippen molar-refractivity contribution < 1.29 is 28.1 Å². The van der Waals surface area contributed by atoms with Gasteiger partial charge in [0.2, 0.25) is 0 Å². The Kier molecular flexibility index (Phi) is 10.6. The average molecular weight is 454 g/mol. The number of methoxy groups -OCH3 is 1. The molecular weight excluding hydrogens is 422 g/mol. The largest absolute Gasteiger partial charge is 0.468 e. The third kappa shape index (κ3) is 12.6. The molecule has 2 rings (SSSR count). The number of hydrogen-bond acceptors (Lipinski definition) is 6. The van der Waals surface area contributed by atoms with E-state index >= 15 is 0 Å². The molecule has 0 heterocycles. The smallest absolute Gasteiger partial charge is 0.308 e. The topological polar surface area (TPSA) is 78.9 Å². The van der Waals surface area contributed by atoms with Crippen LogP contribution < -0.4 is 9.47 Å². The summed E-state index contributed by atoms with van der Waals surface area (Å²) in [6, 6.07) is 14.7. The Bertz CT molecular complexity index is 879. The molecule has 0 aliphatic carbocycles. The van der Waals surface area contributed by atoms with Gasteiger partial charge >= 0.3 is 5.97 Å². The van der Waals surface area contributed by atoms with Crippen molar-refractivity contribution in [3.8, 4) is 11.5 Å². The first-order chi connectivity index (χ1) is 13.9. The number of carbonyl (C=O) groups excluding carboxylic acids is 1. The monoisotopic (exact) mass is 454 g/mol. The Balaban J connectivity index is 0.000000300. The summed E-state index contributed by atoms with van der Waals surface area (Å²) in [4.78, 5) is 10.7. The minimum atomic E-state index is -2.04. The fourth-order valence-corrected chi connectivity index (χ4v) is 4.71. The van der Waals surface area contributed by atoms with Crippen LogP contribution in [0.5, 0.6) is 11.5 Å². The predicted molar refractivity (Wildman–Crippen MR) is 123 cm³/mol. The van der Waals surface area contributed by atoms with Gasteiger partial charge < -0.3 is 23.3 Å². The summed E-state index contributed by atoms with van der Waals surface area (Å²) in [5, 5.41) is 0. The van der Waals surface area contributed by atoms with Gasteiger partial charge in [0.05, 0.1) is 14.3 Å². The standard InChI is InChI=1S/C11H17O3P.C11H15O3P/c1-13-9-14-11-6-4-10(5-7-11)8-15(2,3)12;1-9(12)14-11-6-4-10(5-7-11)8-15(2,3)13/h4-7H,8-9H2,1-3H3;4-7H,8H2,1-3H3. The molecule has 2 aromatic rings. The van der Waals surface area contributed by atoms with Crippen LogP contribution in [0.4, 0.5) is 0 Å². The van der Waals surface area contributed by atoms with E-state index in [1.807, 2.05) is 36.4 Å². The van der Waals surface area contributed by atoms with E-state index in [9.17, 15) is 13.9 Å².